The molecule has 2 N–H and O–H groups in total. The summed E-state index contributed by atoms with van der Waals surface area (Å²) in [6.07, 6.45) is 4.21. The fraction of sp³-hybridized carbons (Fsp3) is 0.652. The third kappa shape index (κ3) is 6.36. The Morgan fingerprint density at radius 1 is 1.07 bits per heavy atom. The van der Waals surface area contributed by atoms with Crippen LogP contribution < -0.4 is 15.5 Å². The molecule has 2 unspecified atom stereocenters. The Morgan fingerprint density at radius 2 is 1.73 bits per heavy atom. The molecule has 2 atom stereocenters. The van der Waals surface area contributed by atoms with Gasteiger partial charge < -0.3 is 20.3 Å². The quantitative estimate of drug-likeness (QED) is 0.767. The van der Waals surface area contributed by atoms with Gasteiger partial charge in [-0.15, -0.1) is 0 Å². The van der Waals surface area contributed by atoms with Gasteiger partial charge in [0.15, 0.2) is 0 Å². The normalized spacial score (nSPS) is 21.2. The van der Waals surface area contributed by atoms with Crippen molar-refractivity contribution in [2.24, 2.45) is 0 Å². The maximum atomic E-state index is 12.7. The zero-order valence-corrected chi connectivity index (χ0v) is 18.7. The lowest BCUT2D eigenvalue weighted by atomic mass is 10.1. The van der Waals surface area contributed by atoms with Gasteiger partial charge in [-0.3, -0.25) is 9.69 Å². The van der Waals surface area contributed by atoms with E-state index in [1.54, 1.807) is 0 Å². The van der Waals surface area contributed by atoms with E-state index in [0.717, 1.165) is 31.7 Å². The second kappa shape index (κ2) is 9.69. The molecule has 3 rings (SSSR count). The SMILES string of the molecule is CC(C(=O)Nc1ccc(N2CCCCC2)cc1)N1CCC(NC(=O)OC(C)(C)C)C1. The fourth-order valence-corrected chi connectivity index (χ4v) is 4.05. The highest BCUT2D eigenvalue weighted by molar-refractivity contribution is 5.94. The van der Waals surface area contributed by atoms with Crippen molar-refractivity contribution in [2.75, 3.05) is 36.4 Å². The number of anilines is 2. The van der Waals surface area contributed by atoms with Gasteiger partial charge in [0.25, 0.3) is 0 Å². The summed E-state index contributed by atoms with van der Waals surface area (Å²) in [5, 5.41) is 5.93. The monoisotopic (exact) mass is 416 g/mol. The standard InChI is InChI=1S/C23H36N4O3/c1-17(27-15-12-19(16-27)25-22(29)30-23(2,3)4)21(28)24-18-8-10-20(11-9-18)26-13-6-5-7-14-26/h8-11,17,19H,5-7,12-16H2,1-4H3,(H,24,28)(H,25,29). The summed E-state index contributed by atoms with van der Waals surface area (Å²) in [5.41, 5.74) is 1.52. The Bertz CT molecular complexity index is 723. The van der Waals surface area contributed by atoms with Crippen LogP contribution in [0.15, 0.2) is 24.3 Å². The molecule has 0 saturated carbocycles. The predicted molar refractivity (Wildman–Crippen MR) is 120 cm³/mol. The minimum absolute atomic E-state index is 0.000994. The number of benzene rings is 1. The zero-order chi connectivity index (χ0) is 21.7. The van der Waals surface area contributed by atoms with Gasteiger partial charge in [-0.05, 0) is 77.6 Å². The number of piperidine rings is 1. The maximum Gasteiger partial charge on any atom is 0.407 e. The first-order chi connectivity index (χ1) is 14.2. The minimum Gasteiger partial charge on any atom is -0.444 e. The smallest absolute Gasteiger partial charge is 0.407 e. The van der Waals surface area contributed by atoms with Gasteiger partial charge in [0.05, 0.1) is 6.04 Å². The number of likely N-dealkylation sites (tertiary alicyclic amines) is 1. The summed E-state index contributed by atoms with van der Waals surface area (Å²) in [7, 11) is 0. The third-order valence-electron chi connectivity index (χ3n) is 5.72. The summed E-state index contributed by atoms with van der Waals surface area (Å²) >= 11 is 0. The van der Waals surface area contributed by atoms with Gasteiger partial charge in [0.2, 0.25) is 5.91 Å². The molecule has 2 heterocycles. The number of nitrogens with one attached hydrogen (secondary N) is 2. The molecule has 2 aliphatic heterocycles. The molecule has 2 fully saturated rings. The van der Waals surface area contributed by atoms with Gasteiger partial charge in [0, 0.05) is 43.6 Å². The first-order valence-electron chi connectivity index (χ1n) is 11.1. The van der Waals surface area contributed by atoms with E-state index >= 15 is 0 Å². The van der Waals surface area contributed by atoms with Crippen LogP contribution in [0.5, 0.6) is 0 Å². The van der Waals surface area contributed by atoms with Crippen molar-refractivity contribution in [3.8, 4) is 0 Å². The first kappa shape index (κ1) is 22.4. The molecule has 2 saturated heterocycles. The summed E-state index contributed by atoms with van der Waals surface area (Å²) in [5.74, 6) is -0.0290. The highest BCUT2D eigenvalue weighted by atomic mass is 16.6. The molecule has 0 aliphatic carbocycles. The fourth-order valence-electron chi connectivity index (χ4n) is 4.05. The van der Waals surface area contributed by atoms with E-state index in [2.05, 4.69) is 32.6 Å². The molecule has 0 radical (unpaired) electrons. The third-order valence-corrected chi connectivity index (χ3v) is 5.72. The van der Waals surface area contributed by atoms with Crippen molar-refractivity contribution in [3.05, 3.63) is 24.3 Å². The second-order valence-electron chi connectivity index (χ2n) is 9.39. The molecule has 0 bridgehead atoms. The van der Waals surface area contributed by atoms with Gasteiger partial charge in [-0.25, -0.2) is 4.79 Å². The van der Waals surface area contributed by atoms with Crippen molar-refractivity contribution < 1.29 is 14.3 Å². The Kier molecular flexibility index (Phi) is 7.23. The van der Waals surface area contributed by atoms with E-state index in [-0.39, 0.29) is 18.0 Å². The molecule has 7 nitrogen and oxygen atoms in total. The zero-order valence-electron chi connectivity index (χ0n) is 18.7. The summed E-state index contributed by atoms with van der Waals surface area (Å²) in [6.45, 7) is 11.1. The largest absolute Gasteiger partial charge is 0.444 e. The van der Waals surface area contributed by atoms with E-state index in [4.69, 9.17) is 4.74 Å². The van der Waals surface area contributed by atoms with Crippen LogP contribution in [0, 0.1) is 0 Å². The summed E-state index contributed by atoms with van der Waals surface area (Å²) in [6, 6.07) is 7.86. The number of amides is 2. The Balaban J connectivity index is 1.47. The van der Waals surface area contributed by atoms with E-state index < -0.39 is 11.7 Å². The van der Waals surface area contributed by atoms with Crippen LogP contribution in [0.4, 0.5) is 16.2 Å². The highest BCUT2D eigenvalue weighted by Crippen LogP contribution is 2.22. The van der Waals surface area contributed by atoms with Gasteiger partial charge in [0.1, 0.15) is 5.60 Å². The molecule has 0 spiro atoms. The molecule has 7 heteroatoms. The molecule has 2 aliphatic rings. The van der Waals surface area contributed by atoms with Crippen molar-refractivity contribution in [1.29, 1.82) is 0 Å². The molecule has 166 valence electrons. The van der Waals surface area contributed by atoms with Crippen LogP contribution in [0.25, 0.3) is 0 Å². The Labute approximate surface area is 180 Å². The Morgan fingerprint density at radius 3 is 2.37 bits per heavy atom. The summed E-state index contributed by atoms with van der Waals surface area (Å²) < 4.78 is 5.32. The van der Waals surface area contributed by atoms with Crippen molar-refractivity contribution >= 4 is 23.4 Å². The molecule has 1 aromatic carbocycles. The molecule has 30 heavy (non-hydrogen) atoms. The number of nitrogens with zero attached hydrogens (tertiary/aromatic N) is 2. The lowest BCUT2D eigenvalue weighted by Crippen LogP contribution is -2.44. The highest BCUT2D eigenvalue weighted by Gasteiger charge is 2.31. The first-order valence-corrected chi connectivity index (χ1v) is 11.1. The molecular formula is C23H36N4O3. The lowest BCUT2D eigenvalue weighted by molar-refractivity contribution is -0.120. The Hall–Kier alpha value is -2.28. The number of ether oxygens (including phenoxy) is 1. The van der Waals surface area contributed by atoms with Crippen LogP contribution in [0.2, 0.25) is 0 Å². The summed E-state index contributed by atoms with van der Waals surface area (Å²) in [4.78, 5) is 29.2. The number of rotatable bonds is 5. The van der Waals surface area contributed by atoms with E-state index in [1.165, 1.54) is 24.9 Å². The predicted octanol–water partition coefficient (Wildman–Crippen LogP) is 3.60. The average molecular weight is 417 g/mol. The van der Waals surface area contributed by atoms with Gasteiger partial charge in [-0.2, -0.15) is 0 Å². The minimum atomic E-state index is -0.515. The van der Waals surface area contributed by atoms with Crippen molar-refractivity contribution in [3.63, 3.8) is 0 Å². The van der Waals surface area contributed by atoms with Crippen molar-refractivity contribution in [1.82, 2.24) is 10.2 Å². The number of hydrogen-bond donors (Lipinski definition) is 2. The van der Waals surface area contributed by atoms with E-state index in [1.807, 2.05) is 39.8 Å². The van der Waals surface area contributed by atoms with Crippen LogP contribution in [-0.2, 0) is 9.53 Å². The topological polar surface area (TPSA) is 73.9 Å². The van der Waals surface area contributed by atoms with Crippen LogP contribution in [-0.4, -0.2) is 60.8 Å². The van der Waals surface area contributed by atoms with Crippen molar-refractivity contribution in [2.45, 2.75) is 71.1 Å². The van der Waals surface area contributed by atoms with Gasteiger partial charge in [-0.1, -0.05) is 0 Å². The number of hydrogen-bond acceptors (Lipinski definition) is 5. The number of carbonyl (C=O) groups excluding carboxylic acids is 2. The molecular weight excluding hydrogens is 380 g/mol. The van der Waals surface area contributed by atoms with Crippen LogP contribution in [0.3, 0.4) is 0 Å². The van der Waals surface area contributed by atoms with E-state index in [9.17, 15) is 9.59 Å². The van der Waals surface area contributed by atoms with Crippen LogP contribution in [0.1, 0.15) is 53.4 Å². The maximum absolute atomic E-state index is 12.7. The van der Waals surface area contributed by atoms with Crippen LogP contribution >= 0.6 is 0 Å². The molecule has 0 aromatic heterocycles. The van der Waals surface area contributed by atoms with Gasteiger partial charge >= 0.3 is 6.09 Å². The lowest BCUT2D eigenvalue weighted by Gasteiger charge is -2.29. The number of alkyl carbamates (subject to hydrolysis) is 1. The molecule has 1 aromatic rings. The number of carbonyl (C=O) groups is 2. The average Bonchev–Trinajstić information content (AvgIpc) is 3.15. The second-order valence-corrected chi connectivity index (χ2v) is 9.39. The van der Waals surface area contributed by atoms with E-state index in [0.29, 0.717) is 6.54 Å². The molecule has 2 amide bonds.